The summed E-state index contributed by atoms with van der Waals surface area (Å²) in [6, 6.07) is 0. The number of hydrogen-bond donors (Lipinski definition) is 2. The Morgan fingerprint density at radius 2 is 0.943 bits per heavy atom. The lowest BCUT2D eigenvalue weighted by atomic mass is 10.1. The molecule has 2 atom stereocenters. The van der Waals surface area contributed by atoms with Crippen molar-refractivity contribution < 1.29 is 9.59 Å². The Balaban J connectivity index is 3.79. The van der Waals surface area contributed by atoms with Crippen molar-refractivity contribution in [3.63, 3.8) is 0 Å². The molecule has 2 amide bonds. The summed E-state index contributed by atoms with van der Waals surface area (Å²) in [4.78, 5) is 24.4. The molecule has 0 aromatic carbocycles. The molecule has 200 valence electrons. The zero-order valence-corrected chi connectivity index (χ0v) is 23.1. The van der Waals surface area contributed by atoms with E-state index in [4.69, 9.17) is 0 Å². The zero-order chi connectivity index (χ0) is 26.0. The van der Waals surface area contributed by atoms with Crippen LogP contribution in [-0.4, -0.2) is 34.7 Å². The molecule has 0 rings (SSSR count). The summed E-state index contributed by atoms with van der Waals surface area (Å²) < 4.78 is 0. The highest BCUT2D eigenvalue weighted by molar-refractivity contribution is 8.01. The van der Waals surface area contributed by atoms with Crippen LogP contribution < -0.4 is 10.9 Å². The van der Waals surface area contributed by atoms with Crippen molar-refractivity contribution >= 4 is 36.0 Å². The standard InChI is InChI=1S/C28H50N4O2S/c1-5-7-9-11-13-15-17-19-21-23-29-31-27(33)25(3)35-26(4)28(34)32-30-24-22-20-18-16-14-12-10-8-6-2/h5-6,23-26H,1-2,7-22H2,3-4H3,(H,31,33)(H,32,34)/b29-23-,30-24-. The molecule has 0 heterocycles. The highest BCUT2D eigenvalue weighted by atomic mass is 32.2. The minimum absolute atomic E-state index is 0.193. The summed E-state index contributed by atoms with van der Waals surface area (Å²) >= 11 is 1.30. The average molecular weight is 507 g/mol. The number of rotatable bonds is 24. The van der Waals surface area contributed by atoms with Gasteiger partial charge < -0.3 is 0 Å². The van der Waals surface area contributed by atoms with Crippen LogP contribution in [0.25, 0.3) is 0 Å². The van der Waals surface area contributed by atoms with Crippen LogP contribution >= 0.6 is 11.8 Å². The van der Waals surface area contributed by atoms with Crippen LogP contribution in [0.1, 0.15) is 117 Å². The molecule has 6 nitrogen and oxygen atoms in total. The summed E-state index contributed by atoms with van der Waals surface area (Å²) in [5, 5.41) is 7.32. The monoisotopic (exact) mass is 506 g/mol. The second-order valence-corrected chi connectivity index (χ2v) is 10.7. The van der Waals surface area contributed by atoms with Gasteiger partial charge in [-0.2, -0.15) is 10.2 Å². The van der Waals surface area contributed by atoms with E-state index in [9.17, 15) is 9.59 Å². The maximum Gasteiger partial charge on any atom is 0.252 e. The summed E-state index contributed by atoms with van der Waals surface area (Å²) in [5.41, 5.74) is 5.15. The predicted octanol–water partition coefficient (Wildman–Crippen LogP) is 7.31. The lowest BCUT2D eigenvalue weighted by molar-refractivity contribution is -0.120. The molecule has 2 unspecified atom stereocenters. The van der Waals surface area contributed by atoms with Crippen LogP contribution in [-0.2, 0) is 9.59 Å². The van der Waals surface area contributed by atoms with Gasteiger partial charge in [-0.3, -0.25) is 9.59 Å². The predicted molar refractivity (Wildman–Crippen MR) is 154 cm³/mol. The fraction of sp³-hybridized carbons (Fsp3) is 0.714. The van der Waals surface area contributed by atoms with E-state index in [-0.39, 0.29) is 22.3 Å². The number of amides is 2. The van der Waals surface area contributed by atoms with Gasteiger partial charge in [0.25, 0.3) is 11.8 Å². The highest BCUT2D eigenvalue weighted by Crippen LogP contribution is 2.18. The molecule has 2 N–H and O–H groups in total. The van der Waals surface area contributed by atoms with E-state index in [1.807, 2.05) is 12.2 Å². The summed E-state index contributed by atoms with van der Waals surface area (Å²) in [7, 11) is 0. The Hall–Kier alpha value is -1.89. The molecule has 35 heavy (non-hydrogen) atoms. The van der Waals surface area contributed by atoms with Crippen LogP contribution in [0.3, 0.4) is 0 Å². The van der Waals surface area contributed by atoms with Gasteiger partial charge in [0, 0.05) is 12.4 Å². The van der Waals surface area contributed by atoms with E-state index in [0.29, 0.717) is 0 Å². The van der Waals surface area contributed by atoms with Gasteiger partial charge in [0.05, 0.1) is 10.5 Å². The van der Waals surface area contributed by atoms with Gasteiger partial charge in [0.1, 0.15) is 0 Å². The fourth-order valence-corrected chi connectivity index (χ4v) is 4.39. The molecular formula is C28H50N4O2S. The van der Waals surface area contributed by atoms with Crippen LogP contribution in [0.4, 0.5) is 0 Å². The molecule has 7 heteroatoms. The van der Waals surface area contributed by atoms with Crippen molar-refractivity contribution in [2.24, 2.45) is 10.2 Å². The number of thioether (sulfide) groups is 1. The molecule has 0 aromatic heterocycles. The first-order valence-electron chi connectivity index (χ1n) is 13.5. The first-order valence-corrected chi connectivity index (χ1v) is 14.5. The summed E-state index contributed by atoms with van der Waals surface area (Å²) in [6.45, 7) is 11.1. The molecule has 0 spiro atoms. The van der Waals surface area contributed by atoms with Crippen molar-refractivity contribution in [3.8, 4) is 0 Å². The number of nitrogens with zero attached hydrogens (tertiary/aromatic N) is 2. The highest BCUT2D eigenvalue weighted by Gasteiger charge is 2.21. The summed E-state index contributed by atoms with van der Waals surface area (Å²) in [5.74, 6) is -0.387. The number of carbonyl (C=O) groups is 2. The smallest absolute Gasteiger partial charge is 0.252 e. The Labute approximate surface area is 218 Å². The van der Waals surface area contributed by atoms with E-state index in [0.717, 1.165) is 38.5 Å². The number of hydrogen-bond acceptors (Lipinski definition) is 5. The Morgan fingerprint density at radius 3 is 1.29 bits per heavy atom. The summed E-state index contributed by atoms with van der Waals surface area (Å²) in [6.07, 6.45) is 26.0. The van der Waals surface area contributed by atoms with Crippen LogP contribution in [0, 0.1) is 0 Å². The van der Waals surface area contributed by atoms with Crippen LogP contribution in [0.5, 0.6) is 0 Å². The molecule has 0 aliphatic carbocycles. The Kier molecular flexibility index (Phi) is 23.8. The quantitative estimate of drug-likeness (QED) is 0.0623. The number of allylic oxidation sites excluding steroid dienone is 2. The topological polar surface area (TPSA) is 82.9 Å². The molecular weight excluding hydrogens is 456 g/mol. The second kappa shape index (κ2) is 25.2. The third kappa shape index (κ3) is 22.3. The van der Waals surface area contributed by atoms with E-state index in [1.165, 1.54) is 76.0 Å². The molecule has 0 bridgehead atoms. The van der Waals surface area contributed by atoms with Gasteiger partial charge in [0.15, 0.2) is 0 Å². The number of nitrogens with one attached hydrogen (secondary N) is 2. The van der Waals surface area contributed by atoms with E-state index >= 15 is 0 Å². The molecule has 0 fully saturated rings. The lowest BCUT2D eigenvalue weighted by Crippen LogP contribution is -2.33. The van der Waals surface area contributed by atoms with Crippen molar-refractivity contribution in [2.75, 3.05) is 0 Å². The lowest BCUT2D eigenvalue weighted by Gasteiger charge is -2.14. The maximum atomic E-state index is 12.2. The van der Waals surface area contributed by atoms with Crippen molar-refractivity contribution in [1.29, 1.82) is 0 Å². The third-order valence-corrected chi connectivity index (χ3v) is 6.91. The fourth-order valence-electron chi connectivity index (χ4n) is 3.42. The van der Waals surface area contributed by atoms with Gasteiger partial charge in [0.2, 0.25) is 0 Å². The number of unbranched alkanes of at least 4 members (excludes halogenated alkanes) is 14. The van der Waals surface area contributed by atoms with Crippen molar-refractivity contribution in [3.05, 3.63) is 25.3 Å². The van der Waals surface area contributed by atoms with Gasteiger partial charge in [-0.25, -0.2) is 10.9 Å². The molecule has 0 saturated carbocycles. The van der Waals surface area contributed by atoms with E-state index in [1.54, 1.807) is 26.3 Å². The minimum atomic E-state index is -0.376. The van der Waals surface area contributed by atoms with E-state index in [2.05, 4.69) is 34.2 Å². The molecule has 0 saturated heterocycles. The Morgan fingerprint density at radius 1 is 0.629 bits per heavy atom. The van der Waals surface area contributed by atoms with Crippen LogP contribution in [0.2, 0.25) is 0 Å². The van der Waals surface area contributed by atoms with Crippen LogP contribution in [0.15, 0.2) is 35.5 Å². The van der Waals surface area contributed by atoms with Crippen molar-refractivity contribution in [1.82, 2.24) is 10.9 Å². The third-order valence-electron chi connectivity index (χ3n) is 5.66. The van der Waals surface area contributed by atoms with Gasteiger partial charge in [-0.1, -0.05) is 63.5 Å². The number of carbonyl (C=O) groups excluding carboxylic acids is 2. The van der Waals surface area contributed by atoms with Crippen molar-refractivity contribution in [2.45, 2.75) is 127 Å². The first-order chi connectivity index (χ1) is 17.0. The number of hydrazone groups is 2. The van der Waals surface area contributed by atoms with Gasteiger partial charge in [-0.15, -0.1) is 24.9 Å². The largest absolute Gasteiger partial charge is 0.272 e. The average Bonchev–Trinajstić information content (AvgIpc) is 2.85. The molecule has 0 aliphatic heterocycles. The van der Waals surface area contributed by atoms with Gasteiger partial charge >= 0.3 is 0 Å². The first kappa shape index (κ1) is 33.1. The normalized spacial score (nSPS) is 13.1. The molecule has 0 aromatic rings. The van der Waals surface area contributed by atoms with Gasteiger partial charge in [-0.05, 0) is 65.2 Å². The SMILES string of the molecule is C=CCCCCCCCC/C=N\NC(=O)C(C)SC(C)C(=O)N/N=C\CCCCCCCCC=C. The molecule has 0 radical (unpaired) electrons. The Bertz CT molecular complexity index is 570. The van der Waals surface area contributed by atoms with E-state index < -0.39 is 0 Å². The zero-order valence-electron chi connectivity index (χ0n) is 22.3. The minimum Gasteiger partial charge on any atom is -0.272 e. The maximum absolute atomic E-state index is 12.2. The second-order valence-electron chi connectivity index (χ2n) is 8.97. The molecule has 0 aliphatic rings.